The molecule has 6 heteroatoms. The van der Waals surface area contributed by atoms with E-state index in [1.54, 1.807) is 6.07 Å². The third-order valence-corrected chi connectivity index (χ3v) is 1.99. The summed E-state index contributed by atoms with van der Waals surface area (Å²) in [5.41, 5.74) is 0.869. The van der Waals surface area contributed by atoms with E-state index in [2.05, 4.69) is 19.7 Å². The van der Waals surface area contributed by atoms with Crippen LogP contribution in [0, 0.1) is 0 Å². The molecule has 0 spiro atoms. The molecule has 0 aliphatic carbocycles. The molecule has 0 atom stereocenters. The van der Waals surface area contributed by atoms with Gasteiger partial charge in [-0.3, -0.25) is 0 Å². The maximum absolute atomic E-state index is 11.2. The second kappa shape index (κ2) is 3.56. The molecule has 0 unspecified atom stereocenters. The molecule has 2 aromatic heterocycles. The minimum Gasteiger partial charge on any atom is -0.480 e. The number of aromatic amines is 1. The van der Waals surface area contributed by atoms with Gasteiger partial charge in [0.1, 0.15) is 17.7 Å². The molecule has 0 aliphatic heterocycles. The van der Waals surface area contributed by atoms with Crippen LogP contribution >= 0.6 is 0 Å². The average Bonchev–Trinajstić information content (AvgIpc) is 2.71. The molecule has 15 heavy (non-hydrogen) atoms. The maximum atomic E-state index is 11.2. The lowest BCUT2D eigenvalue weighted by Gasteiger charge is -1.96. The first-order valence-corrected chi connectivity index (χ1v) is 4.22. The molecule has 6 nitrogen and oxygen atoms in total. The Morgan fingerprint density at radius 2 is 2.20 bits per heavy atom. The second-order valence-electron chi connectivity index (χ2n) is 2.82. The van der Waals surface area contributed by atoms with Crippen molar-refractivity contribution >= 4 is 17.0 Å². The first kappa shape index (κ1) is 9.45. The zero-order valence-corrected chi connectivity index (χ0v) is 8.27. The maximum Gasteiger partial charge on any atom is 0.354 e. The highest BCUT2D eigenvalue weighted by Gasteiger charge is 2.13. The van der Waals surface area contributed by atoms with Crippen LogP contribution in [-0.4, -0.2) is 35.1 Å². The number of ether oxygens (including phenoxy) is 2. The highest BCUT2D eigenvalue weighted by molar-refractivity contribution is 5.95. The summed E-state index contributed by atoms with van der Waals surface area (Å²) in [7, 11) is 2.82. The molecule has 0 aromatic carbocycles. The van der Waals surface area contributed by atoms with Gasteiger partial charge in [-0.1, -0.05) is 0 Å². The van der Waals surface area contributed by atoms with Crippen LogP contribution in [0.15, 0.2) is 12.4 Å². The van der Waals surface area contributed by atoms with Gasteiger partial charge in [-0.25, -0.2) is 14.8 Å². The van der Waals surface area contributed by atoms with Gasteiger partial charge in [0.2, 0.25) is 5.88 Å². The van der Waals surface area contributed by atoms with Gasteiger partial charge in [0.15, 0.2) is 0 Å². The van der Waals surface area contributed by atoms with Gasteiger partial charge in [0, 0.05) is 0 Å². The highest BCUT2D eigenvalue weighted by Crippen LogP contribution is 2.21. The monoisotopic (exact) mass is 207 g/mol. The van der Waals surface area contributed by atoms with Gasteiger partial charge in [-0.15, -0.1) is 0 Å². The zero-order valence-electron chi connectivity index (χ0n) is 8.27. The lowest BCUT2D eigenvalue weighted by atomic mass is 10.3. The van der Waals surface area contributed by atoms with Gasteiger partial charge in [-0.2, -0.15) is 0 Å². The standard InChI is InChI=1S/C9H9N3O3/c1-14-8-5-3-6(9(13)15-2)12-7(5)10-4-11-8/h3-4H,1-2H3,(H,10,11,12). The van der Waals surface area contributed by atoms with Crippen molar-refractivity contribution < 1.29 is 14.3 Å². The number of hydrogen-bond acceptors (Lipinski definition) is 5. The fourth-order valence-electron chi connectivity index (χ4n) is 1.30. The number of H-pyrrole nitrogens is 1. The minimum absolute atomic E-state index is 0.325. The lowest BCUT2D eigenvalue weighted by molar-refractivity contribution is 0.0595. The Kier molecular flexibility index (Phi) is 2.24. The van der Waals surface area contributed by atoms with Gasteiger partial charge in [-0.05, 0) is 6.07 Å². The number of nitrogens with one attached hydrogen (secondary N) is 1. The molecule has 0 saturated heterocycles. The average molecular weight is 207 g/mol. The molecule has 2 aromatic rings. The summed E-state index contributed by atoms with van der Waals surface area (Å²) in [5.74, 6) is -0.0264. The summed E-state index contributed by atoms with van der Waals surface area (Å²) >= 11 is 0. The molecule has 0 saturated carbocycles. The topological polar surface area (TPSA) is 77.1 Å². The Morgan fingerprint density at radius 1 is 1.40 bits per heavy atom. The first-order chi connectivity index (χ1) is 7.26. The number of nitrogens with zero attached hydrogens (tertiary/aromatic N) is 2. The van der Waals surface area contributed by atoms with Crippen molar-refractivity contribution in [1.82, 2.24) is 15.0 Å². The van der Waals surface area contributed by atoms with E-state index in [1.807, 2.05) is 0 Å². The Hall–Kier alpha value is -2.11. The molecule has 0 aliphatic rings. The molecule has 2 rings (SSSR count). The molecule has 0 fully saturated rings. The van der Waals surface area contributed by atoms with Crippen molar-refractivity contribution in [3.05, 3.63) is 18.1 Å². The number of rotatable bonds is 2. The predicted octanol–water partition coefficient (Wildman–Crippen LogP) is 0.753. The highest BCUT2D eigenvalue weighted by atomic mass is 16.5. The number of hydrogen-bond donors (Lipinski definition) is 1. The van der Waals surface area contributed by atoms with E-state index >= 15 is 0 Å². The van der Waals surface area contributed by atoms with E-state index in [1.165, 1.54) is 20.5 Å². The van der Waals surface area contributed by atoms with Gasteiger partial charge in [0.05, 0.1) is 19.6 Å². The van der Waals surface area contributed by atoms with Crippen molar-refractivity contribution in [3.63, 3.8) is 0 Å². The van der Waals surface area contributed by atoms with Crippen LogP contribution in [-0.2, 0) is 4.74 Å². The lowest BCUT2D eigenvalue weighted by Crippen LogP contribution is -2.00. The fraction of sp³-hybridized carbons (Fsp3) is 0.222. The number of esters is 1. The third-order valence-electron chi connectivity index (χ3n) is 1.99. The van der Waals surface area contributed by atoms with Gasteiger partial charge < -0.3 is 14.5 Å². The van der Waals surface area contributed by atoms with Crippen molar-refractivity contribution in [3.8, 4) is 5.88 Å². The van der Waals surface area contributed by atoms with Gasteiger partial charge in [0.25, 0.3) is 0 Å². The van der Waals surface area contributed by atoms with Crippen molar-refractivity contribution in [2.45, 2.75) is 0 Å². The van der Waals surface area contributed by atoms with Crippen molar-refractivity contribution in [2.75, 3.05) is 14.2 Å². The van der Waals surface area contributed by atoms with Gasteiger partial charge >= 0.3 is 5.97 Å². The minimum atomic E-state index is -0.449. The van der Waals surface area contributed by atoms with E-state index in [0.29, 0.717) is 22.6 Å². The van der Waals surface area contributed by atoms with E-state index in [4.69, 9.17) is 4.74 Å². The van der Waals surface area contributed by atoms with Crippen LogP contribution in [0.1, 0.15) is 10.5 Å². The summed E-state index contributed by atoms with van der Waals surface area (Å²) in [6.07, 6.45) is 1.36. The summed E-state index contributed by atoms with van der Waals surface area (Å²) in [4.78, 5) is 21.9. The predicted molar refractivity (Wildman–Crippen MR) is 51.8 cm³/mol. The first-order valence-electron chi connectivity index (χ1n) is 4.22. The van der Waals surface area contributed by atoms with Crippen LogP contribution in [0.2, 0.25) is 0 Å². The Labute approximate surface area is 85.2 Å². The summed E-state index contributed by atoms with van der Waals surface area (Å²) in [6, 6.07) is 1.60. The van der Waals surface area contributed by atoms with Crippen LogP contribution in [0.25, 0.3) is 11.0 Å². The van der Waals surface area contributed by atoms with Crippen molar-refractivity contribution in [1.29, 1.82) is 0 Å². The summed E-state index contributed by atoms with van der Waals surface area (Å²) in [5, 5.41) is 0.653. The molecule has 0 radical (unpaired) electrons. The fourth-order valence-corrected chi connectivity index (χ4v) is 1.30. The Balaban J connectivity index is 2.60. The number of aromatic nitrogens is 3. The SMILES string of the molecule is COC(=O)c1cc2c(OC)ncnc2[nH]1. The number of carbonyl (C=O) groups is 1. The van der Waals surface area contributed by atoms with Crippen molar-refractivity contribution in [2.24, 2.45) is 0 Å². The van der Waals surface area contributed by atoms with Crippen LogP contribution in [0.3, 0.4) is 0 Å². The number of carbonyl (C=O) groups excluding carboxylic acids is 1. The van der Waals surface area contributed by atoms with E-state index in [9.17, 15) is 4.79 Å². The normalized spacial score (nSPS) is 10.3. The van der Waals surface area contributed by atoms with E-state index < -0.39 is 5.97 Å². The van der Waals surface area contributed by atoms with E-state index in [0.717, 1.165) is 0 Å². The van der Waals surface area contributed by atoms with Crippen LogP contribution < -0.4 is 4.74 Å². The summed E-state index contributed by atoms with van der Waals surface area (Å²) < 4.78 is 9.61. The molecule has 1 N–H and O–H groups in total. The molecular weight excluding hydrogens is 198 g/mol. The zero-order chi connectivity index (χ0) is 10.8. The quantitative estimate of drug-likeness (QED) is 0.735. The molecular formula is C9H9N3O3. The Morgan fingerprint density at radius 3 is 2.87 bits per heavy atom. The summed E-state index contributed by atoms with van der Waals surface area (Å²) in [6.45, 7) is 0. The molecule has 78 valence electrons. The smallest absolute Gasteiger partial charge is 0.354 e. The largest absolute Gasteiger partial charge is 0.480 e. The third kappa shape index (κ3) is 1.50. The molecule has 0 bridgehead atoms. The van der Waals surface area contributed by atoms with E-state index in [-0.39, 0.29) is 0 Å². The second-order valence-corrected chi connectivity index (χ2v) is 2.82. The number of methoxy groups -OCH3 is 2. The molecule has 0 amide bonds. The molecule has 2 heterocycles. The number of fused-ring (bicyclic) bond motifs is 1. The van der Waals surface area contributed by atoms with Crippen LogP contribution in [0.5, 0.6) is 5.88 Å². The Bertz CT molecular complexity index is 506. The van der Waals surface area contributed by atoms with Crippen LogP contribution in [0.4, 0.5) is 0 Å².